The van der Waals surface area contributed by atoms with E-state index >= 15 is 0 Å². The van der Waals surface area contributed by atoms with Crippen LogP contribution in [0.4, 0.5) is 11.4 Å². The van der Waals surface area contributed by atoms with E-state index in [2.05, 4.69) is 22.1 Å². The molecule has 3 aromatic rings. The maximum absolute atomic E-state index is 10.1. The first-order chi connectivity index (χ1) is 10.6. The van der Waals surface area contributed by atoms with Crippen LogP contribution in [0.2, 0.25) is 5.02 Å². The van der Waals surface area contributed by atoms with Gasteiger partial charge in [0, 0.05) is 10.4 Å². The van der Waals surface area contributed by atoms with Crippen LogP contribution in [0.15, 0.2) is 46.6 Å². The molecule has 0 radical (unpaired) electrons. The molecule has 0 atom stereocenters. The minimum Gasteiger partial charge on any atom is -0.493 e. The summed E-state index contributed by atoms with van der Waals surface area (Å²) >= 11 is 5.94. The number of benzene rings is 2. The summed E-state index contributed by atoms with van der Waals surface area (Å²) in [6.07, 6.45) is 0.925. The molecule has 0 saturated carbocycles. The number of H-pyrrole nitrogens is 1. The number of aromatic amines is 1. The van der Waals surface area contributed by atoms with Crippen molar-refractivity contribution in [2.24, 2.45) is 10.2 Å². The van der Waals surface area contributed by atoms with Crippen molar-refractivity contribution < 1.29 is 5.11 Å². The third-order valence-corrected chi connectivity index (χ3v) is 3.88. The van der Waals surface area contributed by atoms with Crippen molar-refractivity contribution >= 4 is 33.9 Å². The van der Waals surface area contributed by atoms with Crippen LogP contribution >= 0.6 is 11.6 Å². The van der Waals surface area contributed by atoms with E-state index in [-0.39, 0.29) is 5.88 Å². The van der Waals surface area contributed by atoms with Crippen molar-refractivity contribution in [1.29, 1.82) is 0 Å². The van der Waals surface area contributed by atoms with Gasteiger partial charge in [0.25, 0.3) is 0 Å². The van der Waals surface area contributed by atoms with Crippen LogP contribution in [0.5, 0.6) is 5.88 Å². The molecule has 0 aliphatic carbocycles. The van der Waals surface area contributed by atoms with E-state index in [0.717, 1.165) is 28.6 Å². The Morgan fingerprint density at radius 1 is 1.14 bits per heavy atom. The molecule has 1 aromatic heterocycles. The van der Waals surface area contributed by atoms with Crippen molar-refractivity contribution in [3.8, 4) is 5.88 Å². The molecule has 0 saturated heterocycles. The van der Waals surface area contributed by atoms with Crippen LogP contribution in [-0.2, 0) is 6.42 Å². The van der Waals surface area contributed by atoms with Crippen molar-refractivity contribution in [2.75, 3.05) is 0 Å². The lowest BCUT2D eigenvalue weighted by Gasteiger charge is -1.99. The second-order valence-corrected chi connectivity index (χ2v) is 5.62. The van der Waals surface area contributed by atoms with E-state index in [9.17, 15) is 5.11 Å². The number of nitrogens with one attached hydrogen (secondary N) is 1. The van der Waals surface area contributed by atoms with Gasteiger partial charge < -0.3 is 10.1 Å². The van der Waals surface area contributed by atoms with E-state index in [0.29, 0.717) is 10.7 Å². The Labute approximate surface area is 133 Å². The first kappa shape index (κ1) is 14.6. The maximum Gasteiger partial charge on any atom is 0.218 e. The second-order valence-electron chi connectivity index (χ2n) is 5.19. The highest BCUT2D eigenvalue weighted by atomic mass is 35.5. The minimum atomic E-state index is 0.0265. The van der Waals surface area contributed by atoms with Gasteiger partial charge in [-0.1, -0.05) is 24.6 Å². The smallest absolute Gasteiger partial charge is 0.218 e. The zero-order valence-electron chi connectivity index (χ0n) is 12.4. The molecule has 0 bridgehead atoms. The van der Waals surface area contributed by atoms with Gasteiger partial charge in [0.05, 0.1) is 11.2 Å². The van der Waals surface area contributed by atoms with Gasteiger partial charge in [0.2, 0.25) is 5.88 Å². The van der Waals surface area contributed by atoms with E-state index < -0.39 is 0 Å². The molecule has 4 nitrogen and oxygen atoms in total. The van der Waals surface area contributed by atoms with Gasteiger partial charge in [-0.05, 0) is 54.8 Å². The van der Waals surface area contributed by atoms with Crippen LogP contribution in [-0.4, -0.2) is 10.1 Å². The Morgan fingerprint density at radius 3 is 2.68 bits per heavy atom. The Hall–Kier alpha value is -2.33. The number of rotatable bonds is 3. The molecule has 0 amide bonds. The Balaban J connectivity index is 2.06. The largest absolute Gasteiger partial charge is 0.493 e. The molecule has 22 heavy (non-hydrogen) atoms. The highest BCUT2D eigenvalue weighted by molar-refractivity contribution is 6.30. The third kappa shape index (κ3) is 2.70. The molecular weight excluding hydrogens is 298 g/mol. The Morgan fingerprint density at radius 2 is 1.95 bits per heavy atom. The lowest BCUT2D eigenvalue weighted by Crippen LogP contribution is -1.78. The van der Waals surface area contributed by atoms with Crippen molar-refractivity contribution in [3.05, 3.63) is 52.5 Å². The fourth-order valence-corrected chi connectivity index (χ4v) is 2.59. The van der Waals surface area contributed by atoms with Crippen molar-refractivity contribution in [3.63, 3.8) is 0 Å². The number of halogens is 1. The van der Waals surface area contributed by atoms with Gasteiger partial charge in [-0.15, -0.1) is 5.11 Å². The topological polar surface area (TPSA) is 60.7 Å². The number of aryl methyl sites for hydroxylation is 2. The molecule has 5 heteroatoms. The minimum absolute atomic E-state index is 0.0265. The number of aromatic hydroxyl groups is 1. The summed E-state index contributed by atoms with van der Waals surface area (Å²) in [7, 11) is 0. The monoisotopic (exact) mass is 313 g/mol. The number of azo groups is 1. The van der Waals surface area contributed by atoms with Gasteiger partial charge in [-0.25, -0.2) is 0 Å². The lowest BCUT2D eigenvalue weighted by molar-refractivity contribution is 0.459. The number of hydrogen-bond acceptors (Lipinski definition) is 3. The molecule has 1 heterocycles. The summed E-state index contributed by atoms with van der Waals surface area (Å²) in [5.41, 5.74) is 4.15. The molecule has 0 unspecified atom stereocenters. The zero-order chi connectivity index (χ0) is 15.7. The highest BCUT2D eigenvalue weighted by Gasteiger charge is 2.11. The van der Waals surface area contributed by atoms with Gasteiger partial charge in [0.1, 0.15) is 0 Å². The van der Waals surface area contributed by atoms with Crippen LogP contribution < -0.4 is 0 Å². The first-order valence-electron chi connectivity index (χ1n) is 7.10. The van der Waals surface area contributed by atoms with Gasteiger partial charge >= 0.3 is 0 Å². The highest BCUT2D eigenvalue weighted by Crippen LogP contribution is 2.37. The summed E-state index contributed by atoms with van der Waals surface area (Å²) in [6, 6.07) is 11.4. The predicted octanol–water partition coefficient (Wildman–Crippen LogP) is 5.81. The summed E-state index contributed by atoms with van der Waals surface area (Å²) in [4.78, 5) is 2.92. The number of fused-ring (bicyclic) bond motifs is 1. The standard InChI is InChI=1S/C17H16ClN3O/c1-3-11-4-6-15-13(9-11)16(17(22)19-15)21-20-14-7-5-12(18)8-10(14)2/h4-9,19,22H,3H2,1-2H3. The van der Waals surface area contributed by atoms with Crippen LogP contribution in [0.1, 0.15) is 18.1 Å². The average Bonchev–Trinajstić information content (AvgIpc) is 2.81. The predicted molar refractivity (Wildman–Crippen MR) is 89.7 cm³/mol. The van der Waals surface area contributed by atoms with E-state index in [1.54, 1.807) is 6.07 Å². The Bertz CT molecular complexity index is 868. The summed E-state index contributed by atoms with van der Waals surface area (Å²) < 4.78 is 0. The van der Waals surface area contributed by atoms with Crippen molar-refractivity contribution in [2.45, 2.75) is 20.3 Å². The molecule has 0 aliphatic heterocycles. The van der Waals surface area contributed by atoms with Crippen molar-refractivity contribution in [1.82, 2.24) is 4.98 Å². The van der Waals surface area contributed by atoms with E-state index in [1.165, 1.54) is 5.56 Å². The number of aromatic nitrogens is 1. The van der Waals surface area contributed by atoms with E-state index in [1.807, 2.05) is 37.3 Å². The molecule has 2 aromatic carbocycles. The lowest BCUT2D eigenvalue weighted by atomic mass is 10.1. The molecule has 3 rings (SSSR count). The molecule has 112 valence electrons. The summed E-state index contributed by atoms with van der Waals surface area (Å²) in [6.45, 7) is 4.01. The SMILES string of the molecule is CCc1ccc2[nH]c(O)c(N=Nc3ccc(Cl)cc3C)c2c1. The second kappa shape index (κ2) is 5.81. The Kier molecular flexibility index (Phi) is 3.86. The maximum atomic E-state index is 10.1. The number of nitrogens with zero attached hydrogens (tertiary/aromatic N) is 2. The van der Waals surface area contributed by atoms with Crippen LogP contribution in [0.25, 0.3) is 10.9 Å². The molecule has 0 fully saturated rings. The average molecular weight is 314 g/mol. The fourth-order valence-electron chi connectivity index (χ4n) is 2.37. The molecule has 0 aliphatic rings. The molecule has 2 N–H and O–H groups in total. The van der Waals surface area contributed by atoms with Crippen LogP contribution in [0.3, 0.4) is 0 Å². The van der Waals surface area contributed by atoms with Crippen LogP contribution in [0, 0.1) is 6.92 Å². The third-order valence-electron chi connectivity index (χ3n) is 3.64. The van der Waals surface area contributed by atoms with Gasteiger partial charge in [-0.3, -0.25) is 0 Å². The van der Waals surface area contributed by atoms with Gasteiger partial charge in [-0.2, -0.15) is 5.11 Å². The normalized spacial score (nSPS) is 11.6. The molecular formula is C17H16ClN3O. The number of hydrogen-bond donors (Lipinski definition) is 2. The molecule has 0 spiro atoms. The fraction of sp³-hybridized carbons (Fsp3) is 0.176. The summed E-state index contributed by atoms with van der Waals surface area (Å²) in [5.74, 6) is 0.0265. The van der Waals surface area contributed by atoms with E-state index in [4.69, 9.17) is 11.6 Å². The first-order valence-corrected chi connectivity index (χ1v) is 7.47. The van der Waals surface area contributed by atoms with Gasteiger partial charge in [0.15, 0.2) is 5.69 Å². The summed E-state index contributed by atoms with van der Waals surface area (Å²) in [5, 5.41) is 20.1. The zero-order valence-corrected chi connectivity index (χ0v) is 13.1. The quantitative estimate of drug-likeness (QED) is 0.588.